The molecule has 0 rings (SSSR count). The minimum atomic E-state index is -1.08. The van der Waals surface area contributed by atoms with Gasteiger partial charge in [0.2, 0.25) is 0 Å². The summed E-state index contributed by atoms with van der Waals surface area (Å²) in [6.07, 6.45) is 0. The fraction of sp³-hybridized carbons (Fsp3) is 0.800. The van der Waals surface area contributed by atoms with Crippen LogP contribution in [0.25, 0.3) is 0 Å². The lowest BCUT2D eigenvalue weighted by Crippen LogP contribution is -2.45. The van der Waals surface area contributed by atoms with Gasteiger partial charge in [-0.15, -0.1) is 0 Å². The molecule has 0 saturated heterocycles. The van der Waals surface area contributed by atoms with Crippen LogP contribution < -0.4 is 9.45 Å². The molecular formula is C5H9BrNO2-. The Morgan fingerprint density at radius 2 is 2.11 bits per heavy atom. The van der Waals surface area contributed by atoms with E-state index in [2.05, 4.69) is 20.5 Å². The molecule has 0 aliphatic heterocycles. The van der Waals surface area contributed by atoms with Crippen LogP contribution in [-0.4, -0.2) is 12.0 Å². The maximum absolute atomic E-state index is 10.2. The van der Waals surface area contributed by atoms with Gasteiger partial charge in [0.05, 0.1) is 12.0 Å². The van der Waals surface area contributed by atoms with Crippen LogP contribution in [0.3, 0.4) is 0 Å². The number of carbonyl (C=O) groups is 1. The molecular weight excluding hydrogens is 186 g/mol. The van der Waals surface area contributed by atoms with Crippen LogP contribution in [-0.2, 0) is 4.79 Å². The zero-order chi connectivity index (χ0) is 7.44. The fourth-order valence-corrected chi connectivity index (χ4v) is 1.16. The highest BCUT2D eigenvalue weighted by molar-refractivity contribution is 9.08. The highest BCUT2D eigenvalue weighted by atomic mass is 79.9. The summed E-state index contributed by atoms with van der Waals surface area (Å²) in [7, 11) is 0. The normalized spacial score (nSPS) is 13.8. The smallest absolute Gasteiger partial charge is 0.0595 e. The van der Waals surface area contributed by atoms with E-state index in [1.165, 1.54) is 0 Å². The molecule has 0 bridgehead atoms. The minimum absolute atomic E-state index is 0.0365. The lowest BCUT2D eigenvalue weighted by Gasteiger charge is -2.19. The number of nitrogens with one attached hydrogen (secondary N) is 1. The Morgan fingerprint density at radius 3 is 2.11 bits per heavy atom. The van der Waals surface area contributed by atoms with Gasteiger partial charge in [0.1, 0.15) is 0 Å². The number of hydrogen-bond donors (Lipinski definition) is 1. The lowest BCUT2D eigenvalue weighted by atomic mass is 10.1. The Morgan fingerprint density at radius 1 is 1.67 bits per heavy atom. The molecule has 0 fully saturated rings. The number of halogens is 1. The average Bonchev–Trinajstić information content (AvgIpc) is 1.64. The van der Waals surface area contributed by atoms with Crippen LogP contribution in [0.2, 0.25) is 0 Å². The van der Waals surface area contributed by atoms with Crippen molar-refractivity contribution in [2.45, 2.75) is 19.9 Å². The summed E-state index contributed by atoms with van der Waals surface area (Å²) in [5, 5.41) is 10.2. The Hall–Kier alpha value is -0.0900. The highest BCUT2D eigenvalue weighted by Gasteiger charge is 2.11. The van der Waals surface area contributed by atoms with Crippen molar-refractivity contribution in [2.24, 2.45) is 5.92 Å². The first-order valence-corrected chi connectivity index (χ1v) is 3.46. The predicted molar refractivity (Wildman–Crippen MR) is 35.7 cm³/mol. The van der Waals surface area contributed by atoms with Crippen LogP contribution in [0.5, 0.6) is 0 Å². The molecule has 0 heterocycles. The standard InChI is InChI=1S/C5H10BrNO2/c1-3(2)4(7-6)5(8)9/h3-4,7H,1-2H3,(H,8,9)/p-1/t4-/m0/s1. The van der Waals surface area contributed by atoms with E-state index in [4.69, 9.17) is 0 Å². The maximum atomic E-state index is 10.2. The highest BCUT2D eigenvalue weighted by Crippen LogP contribution is 2.00. The number of rotatable bonds is 3. The van der Waals surface area contributed by atoms with Gasteiger partial charge in [-0.05, 0) is 5.92 Å². The van der Waals surface area contributed by atoms with Crippen LogP contribution in [0.1, 0.15) is 13.8 Å². The Labute approximate surface area is 62.8 Å². The van der Waals surface area contributed by atoms with Gasteiger partial charge in [0.15, 0.2) is 0 Å². The molecule has 0 aromatic rings. The van der Waals surface area contributed by atoms with E-state index >= 15 is 0 Å². The van der Waals surface area contributed by atoms with Crippen molar-refractivity contribution in [1.82, 2.24) is 4.34 Å². The monoisotopic (exact) mass is 194 g/mol. The number of hydrogen-bond acceptors (Lipinski definition) is 3. The van der Waals surface area contributed by atoms with Crippen molar-refractivity contribution in [1.29, 1.82) is 0 Å². The quantitative estimate of drug-likeness (QED) is 0.626. The van der Waals surface area contributed by atoms with Crippen LogP contribution >= 0.6 is 16.1 Å². The average molecular weight is 195 g/mol. The van der Waals surface area contributed by atoms with E-state index in [-0.39, 0.29) is 5.92 Å². The Bertz CT molecular complexity index is 105. The number of aliphatic carboxylic acids is 1. The predicted octanol–water partition coefficient (Wildman–Crippen LogP) is -0.340. The summed E-state index contributed by atoms with van der Waals surface area (Å²) in [5.41, 5.74) is 0. The number of carboxylic acids is 1. The zero-order valence-corrected chi connectivity index (χ0v) is 6.94. The molecule has 1 atom stereocenters. The molecule has 9 heavy (non-hydrogen) atoms. The summed E-state index contributed by atoms with van der Waals surface area (Å²) in [5.74, 6) is -1.05. The van der Waals surface area contributed by atoms with Gasteiger partial charge >= 0.3 is 0 Å². The zero-order valence-electron chi connectivity index (χ0n) is 5.35. The molecule has 0 aromatic carbocycles. The molecule has 54 valence electrons. The molecule has 3 nitrogen and oxygen atoms in total. The molecule has 0 unspecified atom stereocenters. The summed E-state index contributed by atoms with van der Waals surface area (Å²) in [6.45, 7) is 3.60. The minimum Gasteiger partial charge on any atom is -0.548 e. The Kier molecular flexibility index (Phi) is 3.81. The van der Waals surface area contributed by atoms with E-state index in [0.717, 1.165) is 0 Å². The molecule has 0 spiro atoms. The van der Waals surface area contributed by atoms with Gasteiger partial charge in [0, 0.05) is 16.1 Å². The van der Waals surface area contributed by atoms with E-state index in [1.54, 1.807) is 13.8 Å². The molecule has 0 aliphatic rings. The first kappa shape index (κ1) is 8.91. The Balaban J connectivity index is 3.83. The molecule has 0 radical (unpaired) electrons. The number of carbonyl (C=O) groups excluding carboxylic acids is 1. The fourth-order valence-electron chi connectivity index (χ4n) is 0.443. The van der Waals surface area contributed by atoms with Crippen molar-refractivity contribution in [3.63, 3.8) is 0 Å². The van der Waals surface area contributed by atoms with E-state index < -0.39 is 12.0 Å². The third-order valence-corrected chi connectivity index (χ3v) is 1.53. The second-order valence-corrected chi connectivity index (χ2v) is 2.61. The van der Waals surface area contributed by atoms with Crippen molar-refractivity contribution in [3.8, 4) is 0 Å². The van der Waals surface area contributed by atoms with Crippen molar-refractivity contribution in [2.75, 3.05) is 0 Å². The topological polar surface area (TPSA) is 52.2 Å². The largest absolute Gasteiger partial charge is 0.548 e. The van der Waals surface area contributed by atoms with Gasteiger partial charge in [0.25, 0.3) is 0 Å². The van der Waals surface area contributed by atoms with Crippen molar-refractivity contribution < 1.29 is 9.90 Å². The van der Waals surface area contributed by atoms with Gasteiger partial charge < -0.3 is 9.90 Å². The lowest BCUT2D eigenvalue weighted by molar-refractivity contribution is -0.308. The second kappa shape index (κ2) is 3.85. The van der Waals surface area contributed by atoms with E-state index in [0.29, 0.717) is 0 Å². The maximum Gasteiger partial charge on any atom is 0.0595 e. The van der Waals surface area contributed by atoms with Gasteiger partial charge in [-0.3, -0.25) is 0 Å². The first-order valence-electron chi connectivity index (χ1n) is 2.66. The molecule has 1 N–H and O–H groups in total. The van der Waals surface area contributed by atoms with Gasteiger partial charge in [-0.2, -0.15) is 0 Å². The number of carboxylic acid groups (broad SMARTS) is 1. The first-order chi connectivity index (χ1) is 4.09. The van der Waals surface area contributed by atoms with Crippen molar-refractivity contribution >= 4 is 22.1 Å². The molecule has 0 aliphatic carbocycles. The summed E-state index contributed by atoms with van der Waals surface area (Å²) in [6, 6.07) is -0.606. The molecule has 4 heteroatoms. The van der Waals surface area contributed by atoms with Crippen LogP contribution in [0, 0.1) is 5.92 Å². The van der Waals surface area contributed by atoms with Gasteiger partial charge in [-0.25, -0.2) is 4.34 Å². The van der Waals surface area contributed by atoms with E-state index in [9.17, 15) is 9.90 Å². The molecule has 0 amide bonds. The van der Waals surface area contributed by atoms with E-state index in [1.807, 2.05) is 0 Å². The SMILES string of the molecule is CC(C)[C@H](NBr)C(=O)[O-]. The second-order valence-electron chi connectivity index (χ2n) is 2.15. The molecule has 0 saturated carbocycles. The summed E-state index contributed by atoms with van der Waals surface area (Å²) in [4.78, 5) is 10.2. The van der Waals surface area contributed by atoms with Crippen LogP contribution in [0.15, 0.2) is 0 Å². The van der Waals surface area contributed by atoms with Crippen molar-refractivity contribution in [3.05, 3.63) is 0 Å². The summed E-state index contributed by atoms with van der Waals surface area (Å²) < 4.78 is 2.45. The summed E-state index contributed by atoms with van der Waals surface area (Å²) >= 11 is 2.85. The van der Waals surface area contributed by atoms with Crippen LogP contribution in [0.4, 0.5) is 0 Å². The van der Waals surface area contributed by atoms with Gasteiger partial charge in [-0.1, -0.05) is 13.8 Å². The molecule has 0 aromatic heterocycles. The third kappa shape index (κ3) is 2.81. The third-order valence-electron chi connectivity index (χ3n) is 1.04.